The largest absolute Gasteiger partial charge is 0.352 e. The van der Waals surface area contributed by atoms with Gasteiger partial charge in [0.05, 0.1) is 4.90 Å². The number of piperidine rings is 2. The molecule has 2 fully saturated rings. The molecule has 2 aliphatic heterocycles. The van der Waals surface area contributed by atoms with Crippen molar-refractivity contribution in [1.82, 2.24) is 14.5 Å². The van der Waals surface area contributed by atoms with Crippen molar-refractivity contribution in [2.45, 2.75) is 50.5 Å². The van der Waals surface area contributed by atoms with E-state index in [0.717, 1.165) is 49.8 Å². The molecule has 0 aliphatic carbocycles. The second-order valence-electron chi connectivity index (χ2n) is 7.68. The second-order valence-corrected chi connectivity index (χ2v) is 9.62. The van der Waals surface area contributed by atoms with Crippen LogP contribution in [-0.2, 0) is 16.6 Å². The van der Waals surface area contributed by atoms with Gasteiger partial charge in [0.2, 0.25) is 10.0 Å². The van der Waals surface area contributed by atoms with Crippen LogP contribution in [0.5, 0.6) is 0 Å². The molecular weight excluding hydrogens is 360 g/mol. The molecule has 0 bridgehead atoms. The molecule has 2 aliphatic rings. The third kappa shape index (κ3) is 5.02. The van der Waals surface area contributed by atoms with Crippen molar-refractivity contribution in [2.24, 2.45) is 10.9 Å². The van der Waals surface area contributed by atoms with Gasteiger partial charge in [-0.2, -0.15) is 4.31 Å². The number of sulfonamides is 1. The Bertz CT molecular complexity index is 732. The predicted molar refractivity (Wildman–Crippen MR) is 109 cm³/mol. The molecule has 7 heteroatoms. The quantitative estimate of drug-likeness (QED) is 0.632. The van der Waals surface area contributed by atoms with Crippen LogP contribution >= 0.6 is 0 Å². The fraction of sp³-hybridized carbons (Fsp3) is 0.650. The standard InChI is InChI=1S/C20H32N4O2S/c1-17-10-14-23(15-11-17)20(21-2)22-16-18-6-8-19(9-7-18)27(25,26)24-12-4-3-5-13-24/h6-9,17H,3-5,10-16H2,1-2H3,(H,21,22). The van der Waals surface area contributed by atoms with E-state index in [0.29, 0.717) is 24.5 Å². The van der Waals surface area contributed by atoms with Crippen molar-refractivity contribution in [3.8, 4) is 0 Å². The maximum Gasteiger partial charge on any atom is 0.243 e. The van der Waals surface area contributed by atoms with Gasteiger partial charge in [0, 0.05) is 39.8 Å². The molecular formula is C20H32N4O2S. The third-order valence-electron chi connectivity index (χ3n) is 5.62. The Morgan fingerprint density at radius 2 is 1.70 bits per heavy atom. The van der Waals surface area contributed by atoms with Crippen LogP contribution in [0.25, 0.3) is 0 Å². The Morgan fingerprint density at radius 1 is 1.07 bits per heavy atom. The molecule has 6 nitrogen and oxygen atoms in total. The fourth-order valence-electron chi connectivity index (χ4n) is 3.77. The summed E-state index contributed by atoms with van der Waals surface area (Å²) in [4.78, 5) is 7.09. The lowest BCUT2D eigenvalue weighted by Crippen LogP contribution is -2.45. The summed E-state index contributed by atoms with van der Waals surface area (Å²) < 4.78 is 27.1. The number of rotatable bonds is 4. The molecule has 0 saturated carbocycles. The second kappa shape index (κ2) is 9.06. The number of nitrogens with one attached hydrogen (secondary N) is 1. The summed E-state index contributed by atoms with van der Waals surface area (Å²) in [5, 5.41) is 3.41. The van der Waals surface area contributed by atoms with E-state index in [1.165, 1.54) is 12.8 Å². The van der Waals surface area contributed by atoms with Crippen molar-refractivity contribution in [1.29, 1.82) is 0 Å². The summed E-state index contributed by atoms with van der Waals surface area (Å²) in [6.07, 6.45) is 5.42. The van der Waals surface area contributed by atoms with Crippen LogP contribution in [0.15, 0.2) is 34.2 Å². The van der Waals surface area contributed by atoms with E-state index >= 15 is 0 Å². The van der Waals surface area contributed by atoms with Crippen molar-refractivity contribution < 1.29 is 8.42 Å². The molecule has 0 atom stereocenters. The van der Waals surface area contributed by atoms with E-state index in [1.807, 2.05) is 19.2 Å². The lowest BCUT2D eigenvalue weighted by Gasteiger charge is -2.33. The van der Waals surface area contributed by atoms with E-state index in [4.69, 9.17) is 0 Å². The van der Waals surface area contributed by atoms with Gasteiger partial charge in [0.25, 0.3) is 0 Å². The average molecular weight is 393 g/mol. The lowest BCUT2D eigenvalue weighted by atomic mass is 10.00. The zero-order valence-electron chi connectivity index (χ0n) is 16.5. The molecule has 0 spiro atoms. The van der Waals surface area contributed by atoms with E-state index in [9.17, 15) is 8.42 Å². The monoisotopic (exact) mass is 392 g/mol. The zero-order chi connectivity index (χ0) is 19.3. The molecule has 0 amide bonds. The molecule has 0 unspecified atom stereocenters. The summed E-state index contributed by atoms with van der Waals surface area (Å²) in [7, 11) is -1.54. The Morgan fingerprint density at radius 3 is 2.30 bits per heavy atom. The summed E-state index contributed by atoms with van der Waals surface area (Å²) in [6.45, 7) is 6.28. The van der Waals surface area contributed by atoms with Gasteiger partial charge in [-0.05, 0) is 49.3 Å². The number of hydrogen-bond donors (Lipinski definition) is 1. The van der Waals surface area contributed by atoms with Crippen LogP contribution in [0.3, 0.4) is 0 Å². The molecule has 1 aromatic carbocycles. The molecule has 2 heterocycles. The first-order chi connectivity index (χ1) is 13.0. The Hall–Kier alpha value is -1.60. The smallest absolute Gasteiger partial charge is 0.243 e. The number of aliphatic imine (C=N–C) groups is 1. The van der Waals surface area contributed by atoms with Gasteiger partial charge in [-0.25, -0.2) is 8.42 Å². The summed E-state index contributed by atoms with van der Waals surface area (Å²) in [5.41, 5.74) is 1.05. The van der Waals surface area contributed by atoms with Crippen molar-refractivity contribution in [2.75, 3.05) is 33.2 Å². The van der Waals surface area contributed by atoms with Gasteiger partial charge in [-0.1, -0.05) is 25.5 Å². The van der Waals surface area contributed by atoms with E-state index in [1.54, 1.807) is 16.4 Å². The highest BCUT2D eigenvalue weighted by Crippen LogP contribution is 2.21. The minimum atomic E-state index is -3.36. The van der Waals surface area contributed by atoms with Crippen molar-refractivity contribution in [3.05, 3.63) is 29.8 Å². The Kier molecular flexibility index (Phi) is 6.76. The topological polar surface area (TPSA) is 65.0 Å². The third-order valence-corrected chi connectivity index (χ3v) is 7.53. The highest BCUT2D eigenvalue weighted by Gasteiger charge is 2.25. The van der Waals surface area contributed by atoms with Gasteiger partial charge in [0.15, 0.2) is 5.96 Å². The fourth-order valence-corrected chi connectivity index (χ4v) is 5.28. The number of nitrogens with zero attached hydrogens (tertiary/aromatic N) is 3. The van der Waals surface area contributed by atoms with Gasteiger partial charge in [-0.15, -0.1) is 0 Å². The van der Waals surface area contributed by atoms with E-state index in [-0.39, 0.29) is 0 Å². The first-order valence-corrected chi connectivity index (χ1v) is 11.5. The molecule has 27 heavy (non-hydrogen) atoms. The number of benzene rings is 1. The highest BCUT2D eigenvalue weighted by atomic mass is 32.2. The van der Waals surface area contributed by atoms with Crippen LogP contribution in [0.1, 0.15) is 44.6 Å². The van der Waals surface area contributed by atoms with Crippen LogP contribution in [0.4, 0.5) is 0 Å². The van der Waals surface area contributed by atoms with Gasteiger partial charge in [0.1, 0.15) is 0 Å². The van der Waals surface area contributed by atoms with E-state index in [2.05, 4.69) is 22.1 Å². The molecule has 3 rings (SSSR count). The van der Waals surface area contributed by atoms with E-state index < -0.39 is 10.0 Å². The van der Waals surface area contributed by atoms with Crippen LogP contribution in [-0.4, -0.2) is 56.8 Å². The molecule has 1 aromatic rings. The van der Waals surface area contributed by atoms with Crippen LogP contribution in [0.2, 0.25) is 0 Å². The van der Waals surface area contributed by atoms with Gasteiger partial charge >= 0.3 is 0 Å². The molecule has 0 radical (unpaired) electrons. The number of likely N-dealkylation sites (tertiary alicyclic amines) is 1. The first-order valence-electron chi connectivity index (χ1n) is 10.1. The van der Waals surface area contributed by atoms with Crippen LogP contribution in [0, 0.1) is 5.92 Å². The first kappa shape index (κ1) is 20.1. The Balaban J connectivity index is 1.58. The SMILES string of the molecule is CN=C(NCc1ccc(S(=O)(=O)N2CCCCC2)cc1)N1CCC(C)CC1. The van der Waals surface area contributed by atoms with Gasteiger partial charge in [-0.3, -0.25) is 4.99 Å². The summed E-state index contributed by atoms with van der Waals surface area (Å²) >= 11 is 0. The van der Waals surface area contributed by atoms with Crippen molar-refractivity contribution >= 4 is 16.0 Å². The molecule has 0 aromatic heterocycles. The van der Waals surface area contributed by atoms with Crippen LogP contribution < -0.4 is 5.32 Å². The minimum absolute atomic E-state index is 0.391. The van der Waals surface area contributed by atoms with Gasteiger partial charge < -0.3 is 10.2 Å². The maximum atomic E-state index is 12.7. The molecule has 2 saturated heterocycles. The zero-order valence-corrected chi connectivity index (χ0v) is 17.3. The van der Waals surface area contributed by atoms with Crippen molar-refractivity contribution in [3.63, 3.8) is 0 Å². The normalized spacial score (nSPS) is 20.7. The average Bonchev–Trinajstić information content (AvgIpc) is 2.71. The minimum Gasteiger partial charge on any atom is -0.352 e. The lowest BCUT2D eigenvalue weighted by molar-refractivity contribution is 0.273. The predicted octanol–water partition coefficient (Wildman–Crippen LogP) is 2.67. The molecule has 150 valence electrons. The summed E-state index contributed by atoms with van der Waals surface area (Å²) in [5.74, 6) is 1.71. The highest BCUT2D eigenvalue weighted by molar-refractivity contribution is 7.89. The molecule has 1 N–H and O–H groups in total. The maximum absolute atomic E-state index is 12.7. The number of hydrogen-bond acceptors (Lipinski definition) is 3. The summed E-state index contributed by atoms with van der Waals surface area (Å²) in [6, 6.07) is 7.25. The number of guanidine groups is 1. The Labute approximate surface area is 163 Å².